The molecule has 3 aromatic heterocycles. The molecule has 4 rings (SSSR count). The van der Waals surface area contributed by atoms with Crippen molar-refractivity contribution in [2.24, 2.45) is 7.05 Å². The second kappa shape index (κ2) is 9.68. The van der Waals surface area contributed by atoms with E-state index in [4.69, 9.17) is 11.6 Å². The zero-order valence-corrected chi connectivity index (χ0v) is 20.1. The Morgan fingerprint density at radius 1 is 1.22 bits per heavy atom. The number of imidazole rings is 1. The molecule has 0 aromatic carbocycles. The quantitative estimate of drug-likeness (QED) is 0.508. The average molecular weight is 526 g/mol. The molecule has 0 saturated heterocycles. The van der Waals surface area contributed by atoms with Crippen LogP contribution in [0.4, 0.5) is 13.2 Å². The van der Waals surface area contributed by atoms with Gasteiger partial charge in [0.2, 0.25) is 0 Å². The van der Waals surface area contributed by atoms with Crippen LogP contribution in [-0.4, -0.2) is 47.8 Å². The smallest absolute Gasteiger partial charge is 0.396 e. The summed E-state index contributed by atoms with van der Waals surface area (Å²) in [5.74, 6) is 0.0797. The third kappa shape index (κ3) is 4.75. The van der Waals surface area contributed by atoms with Gasteiger partial charge >= 0.3 is 12.1 Å². The third-order valence-corrected chi connectivity index (χ3v) is 6.28. The molecule has 2 atom stereocenters. The summed E-state index contributed by atoms with van der Waals surface area (Å²) < 4.78 is 47.9. The number of alkyl halides is 3. The highest BCUT2D eigenvalue weighted by molar-refractivity contribution is 6.30. The maximum Gasteiger partial charge on any atom is 0.523 e. The van der Waals surface area contributed by atoms with Crippen molar-refractivity contribution in [3.63, 3.8) is 0 Å². The highest BCUT2D eigenvalue weighted by atomic mass is 35.5. The van der Waals surface area contributed by atoms with Crippen LogP contribution in [0.1, 0.15) is 24.9 Å². The van der Waals surface area contributed by atoms with Gasteiger partial charge < -0.3 is 9.67 Å². The average Bonchev–Trinajstić information content (AvgIpc) is 3.20. The van der Waals surface area contributed by atoms with E-state index in [-0.39, 0.29) is 43.1 Å². The molecule has 9 nitrogen and oxygen atoms in total. The van der Waals surface area contributed by atoms with Crippen molar-refractivity contribution < 1.29 is 23.0 Å². The molecular weight excluding hydrogens is 503 g/mol. The number of aryl methyl sites for hydroxylation is 1. The van der Waals surface area contributed by atoms with Crippen molar-refractivity contribution in [2.75, 3.05) is 6.61 Å². The molecule has 0 spiro atoms. The Balaban J connectivity index is 2.02. The van der Waals surface area contributed by atoms with E-state index in [0.717, 1.165) is 9.13 Å². The number of allylic oxidation sites excluding steroid dienone is 2. The van der Waals surface area contributed by atoms with E-state index in [1.165, 1.54) is 43.0 Å². The van der Waals surface area contributed by atoms with Gasteiger partial charge in [-0.1, -0.05) is 35.9 Å². The summed E-state index contributed by atoms with van der Waals surface area (Å²) in [4.78, 5) is 35.2. The highest BCUT2D eigenvalue weighted by Crippen LogP contribution is 2.38. The summed E-state index contributed by atoms with van der Waals surface area (Å²) in [6.45, 7) is 1.19. The molecule has 0 bridgehead atoms. The molecule has 0 amide bonds. The van der Waals surface area contributed by atoms with Gasteiger partial charge in [-0.15, -0.1) is 13.2 Å². The first-order valence-corrected chi connectivity index (χ1v) is 11.4. The first kappa shape index (κ1) is 25.9. The lowest BCUT2D eigenvalue weighted by Gasteiger charge is -2.35. The Morgan fingerprint density at radius 2 is 1.97 bits per heavy atom. The van der Waals surface area contributed by atoms with Gasteiger partial charge in [-0.25, -0.2) is 9.78 Å². The van der Waals surface area contributed by atoms with Crippen molar-refractivity contribution in [3.8, 4) is 0 Å². The molecule has 0 fully saturated rings. The van der Waals surface area contributed by atoms with Crippen LogP contribution in [0.3, 0.4) is 0 Å². The number of aliphatic hydroxyl groups excluding tert-OH is 1. The van der Waals surface area contributed by atoms with Crippen molar-refractivity contribution in [3.05, 3.63) is 80.0 Å². The minimum absolute atomic E-state index is 0.00384. The zero-order valence-electron chi connectivity index (χ0n) is 19.4. The number of nitrogens with zero attached hydrogens (tertiary/aromatic N) is 5. The number of aromatic nitrogens is 5. The van der Waals surface area contributed by atoms with E-state index >= 15 is 0 Å². The highest BCUT2D eigenvalue weighted by Gasteiger charge is 2.45. The lowest BCUT2D eigenvalue weighted by atomic mass is 9.80. The first-order valence-electron chi connectivity index (χ1n) is 11.0. The molecule has 0 saturated carbocycles. The van der Waals surface area contributed by atoms with Crippen LogP contribution < -0.4 is 11.2 Å². The molecule has 0 aliphatic heterocycles. The molecule has 1 aliphatic rings. The second-order valence-corrected chi connectivity index (χ2v) is 8.98. The lowest BCUT2D eigenvalue weighted by molar-refractivity contribution is -0.341. The van der Waals surface area contributed by atoms with Crippen molar-refractivity contribution in [2.45, 2.75) is 44.3 Å². The molecule has 0 radical (unpaired) electrons. The lowest BCUT2D eigenvalue weighted by Crippen LogP contribution is -2.42. The van der Waals surface area contributed by atoms with Crippen LogP contribution in [-0.2, 0) is 30.3 Å². The molecule has 1 unspecified atom stereocenters. The minimum atomic E-state index is -4.93. The fourth-order valence-electron chi connectivity index (χ4n) is 4.25. The van der Waals surface area contributed by atoms with Gasteiger partial charge in [0, 0.05) is 26.4 Å². The molecule has 3 heterocycles. The Bertz CT molecular complexity index is 1460. The van der Waals surface area contributed by atoms with E-state index in [1.54, 1.807) is 18.2 Å². The predicted molar refractivity (Wildman–Crippen MR) is 126 cm³/mol. The maximum absolute atomic E-state index is 13.5. The van der Waals surface area contributed by atoms with Crippen molar-refractivity contribution in [1.29, 1.82) is 0 Å². The van der Waals surface area contributed by atoms with Gasteiger partial charge in [0.1, 0.15) is 11.9 Å². The summed E-state index contributed by atoms with van der Waals surface area (Å²) >= 11 is 5.94. The number of hydrogen-bond acceptors (Lipinski definition) is 6. The summed E-state index contributed by atoms with van der Waals surface area (Å²) in [6, 6.07) is 3.21. The van der Waals surface area contributed by atoms with Crippen LogP contribution in [0.25, 0.3) is 11.2 Å². The number of ether oxygens (including phenoxy) is 1. The number of halogens is 4. The third-order valence-electron chi connectivity index (χ3n) is 6.05. The van der Waals surface area contributed by atoms with Crippen LogP contribution in [0.2, 0.25) is 5.02 Å². The Labute approximate surface area is 207 Å². The maximum atomic E-state index is 13.5. The van der Waals surface area contributed by atoms with Gasteiger partial charge in [0.05, 0.1) is 22.7 Å². The molecule has 192 valence electrons. The summed E-state index contributed by atoms with van der Waals surface area (Å²) in [7, 11) is 1.42. The van der Waals surface area contributed by atoms with Crippen LogP contribution in [0.15, 0.2) is 52.2 Å². The van der Waals surface area contributed by atoms with Crippen LogP contribution in [0, 0.1) is 0 Å². The van der Waals surface area contributed by atoms with Crippen LogP contribution >= 0.6 is 11.6 Å². The topological polar surface area (TPSA) is 104 Å². The second-order valence-electron chi connectivity index (χ2n) is 8.55. The normalized spacial score (nSPS) is 19.9. The zero-order chi connectivity index (χ0) is 26.3. The van der Waals surface area contributed by atoms with Crippen molar-refractivity contribution >= 4 is 22.8 Å². The van der Waals surface area contributed by atoms with E-state index in [0.29, 0.717) is 10.7 Å². The predicted octanol–water partition coefficient (Wildman–Crippen LogP) is 2.66. The van der Waals surface area contributed by atoms with Gasteiger partial charge in [0.25, 0.3) is 5.56 Å². The molecule has 13 heteroatoms. The number of hydrogen-bond donors (Lipinski definition) is 1. The molecule has 1 aliphatic carbocycles. The largest absolute Gasteiger partial charge is 0.523 e. The first-order chi connectivity index (χ1) is 17.0. The van der Waals surface area contributed by atoms with Crippen molar-refractivity contribution in [1.82, 2.24) is 23.7 Å². The fraction of sp³-hybridized carbons (Fsp3) is 0.391. The van der Waals surface area contributed by atoms with E-state index in [1.807, 2.05) is 0 Å². The molecular formula is C23H23ClF3N5O4. The number of rotatable bonds is 7. The van der Waals surface area contributed by atoms with Crippen LogP contribution in [0.5, 0.6) is 0 Å². The van der Waals surface area contributed by atoms with E-state index < -0.39 is 29.1 Å². The fourth-order valence-corrected chi connectivity index (χ4v) is 4.36. The summed E-state index contributed by atoms with van der Waals surface area (Å²) in [5, 5.41) is 9.60. The van der Waals surface area contributed by atoms with Gasteiger partial charge in [-0.2, -0.15) is 0 Å². The van der Waals surface area contributed by atoms with E-state index in [2.05, 4.69) is 14.7 Å². The monoisotopic (exact) mass is 525 g/mol. The van der Waals surface area contributed by atoms with Gasteiger partial charge in [0.15, 0.2) is 11.2 Å². The number of aliphatic hydroxyl groups is 1. The summed E-state index contributed by atoms with van der Waals surface area (Å²) in [5.41, 5.74) is -2.33. The SMILES string of the molecule is Cn1c(=O)n(CCCO)c(=O)c2c1nc([C@]1(C)C=CC=CC1OC(F)(F)F)n2Cc1ccc(Cl)cn1. The van der Waals surface area contributed by atoms with E-state index in [9.17, 15) is 27.9 Å². The standard InChI is InChI=1S/C23H23ClF3N5O4/c1-22(9-4-3-6-16(22)36-23(25,26)27)20-29-18-17(32(20)13-15-8-7-14(24)12-28-15)19(34)31(10-5-11-33)21(35)30(18)2/h3-4,6-9,12,16,33H,5,10-11,13H2,1-2H3/t16?,22-/m1/s1. The Hall–Kier alpha value is -3.22. The number of fused-ring (bicyclic) bond motifs is 1. The Kier molecular flexibility index (Phi) is 6.95. The van der Waals surface area contributed by atoms with Gasteiger partial charge in [-0.05, 0) is 25.5 Å². The number of pyridine rings is 1. The molecule has 36 heavy (non-hydrogen) atoms. The summed E-state index contributed by atoms with van der Waals surface area (Å²) in [6.07, 6.45) is 0.917. The molecule has 1 N–H and O–H groups in total. The van der Waals surface area contributed by atoms with Gasteiger partial charge in [-0.3, -0.25) is 23.6 Å². The minimum Gasteiger partial charge on any atom is -0.396 e. The Morgan fingerprint density at radius 3 is 2.61 bits per heavy atom. The molecule has 3 aromatic rings.